The number of ether oxygens (including phenoxy) is 2. The van der Waals surface area contributed by atoms with Crippen molar-refractivity contribution in [2.24, 2.45) is 10.7 Å². The zero-order valence-electron chi connectivity index (χ0n) is 13.6. The number of nitrogens with zero attached hydrogens (tertiary/aromatic N) is 1. The molecule has 2 aromatic carbocycles. The number of halogens is 1. The Balaban J connectivity index is 1.68. The van der Waals surface area contributed by atoms with E-state index >= 15 is 0 Å². The van der Waals surface area contributed by atoms with E-state index in [1.54, 1.807) is 14.2 Å². The van der Waals surface area contributed by atoms with Crippen LogP contribution in [0.25, 0.3) is 0 Å². The number of aliphatic imine (C=N–C) groups is 1. The third kappa shape index (κ3) is 3.82. The van der Waals surface area contributed by atoms with Gasteiger partial charge in [0, 0.05) is 16.5 Å². The van der Waals surface area contributed by atoms with Gasteiger partial charge in [0.1, 0.15) is 11.5 Å². The van der Waals surface area contributed by atoms with E-state index in [-0.39, 0.29) is 6.04 Å². The number of benzene rings is 2. The van der Waals surface area contributed by atoms with Crippen LogP contribution in [-0.4, -0.2) is 26.2 Å². The first-order valence-corrected chi connectivity index (χ1v) is 8.48. The molecule has 1 aliphatic carbocycles. The molecule has 0 radical (unpaired) electrons. The van der Waals surface area contributed by atoms with Gasteiger partial charge in [-0.2, -0.15) is 0 Å². The van der Waals surface area contributed by atoms with Gasteiger partial charge < -0.3 is 20.5 Å². The maximum atomic E-state index is 6.06. The molecule has 1 fully saturated rings. The highest BCUT2D eigenvalue weighted by Gasteiger charge is 2.38. The maximum absolute atomic E-state index is 6.06. The number of hydrogen-bond donors (Lipinski definition) is 2. The molecule has 3 rings (SSSR count). The van der Waals surface area contributed by atoms with E-state index in [9.17, 15) is 0 Å². The van der Waals surface area contributed by atoms with E-state index in [1.807, 2.05) is 18.2 Å². The summed E-state index contributed by atoms with van der Waals surface area (Å²) in [5.74, 6) is 2.23. The molecule has 24 heavy (non-hydrogen) atoms. The Bertz CT molecular complexity index is 746. The number of nitrogens with one attached hydrogen (secondary N) is 1. The lowest BCUT2D eigenvalue weighted by Gasteiger charge is -2.12. The molecule has 0 unspecified atom stereocenters. The number of guanidine groups is 1. The topological polar surface area (TPSA) is 68.9 Å². The van der Waals surface area contributed by atoms with Crippen LogP contribution in [0.4, 0.5) is 5.69 Å². The molecule has 0 spiro atoms. The van der Waals surface area contributed by atoms with Gasteiger partial charge in [0.2, 0.25) is 0 Å². The molecule has 0 heterocycles. The predicted octanol–water partition coefficient (Wildman–Crippen LogP) is 3.75. The molecule has 0 saturated heterocycles. The number of hydrogen-bond acceptors (Lipinski definition) is 3. The summed E-state index contributed by atoms with van der Waals surface area (Å²) in [6.07, 6.45) is 1.01. The first kappa shape index (κ1) is 16.6. The van der Waals surface area contributed by atoms with Crippen LogP contribution in [-0.2, 0) is 0 Å². The van der Waals surface area contributed by atoms with E-state index in [0.717, 1.165) is 22.3 Å². The minimum Gasteiger partial charge on any atom is -0.497 e. The number of nitrogens with two attached hydrogens (primary N) is 1. The van der Waals surface area contributed by atoms with Crippen molar-refractivity contribution in [1.29, 1.82) is 0 Å². The van der Waals surface area contributed by atoms with E-state index in [4.69, 9.17) is 15.2 Å². The minimum absolute atomic E-state index is 0.218. The monoisotopic (exact) mass is 389 g/mol. The van der Waals surface area contributed by atoms with E-state index in [1.165, 1.54) is 5.56 Å². The summed E-state index contributed by atoms with van der Waals surface area (Å²) in [6, 6.07) is 14.1. The lowest BCUT2D eigenvalue weighted by molar-refractivity contribution is 0.405. The number of rotatable bonds is 5. The zero-order chi connectivity index (χ0) is 17.1. The molecular formula is C18H20BrN3O2. The fourth-order valence-electron chi connectivity index (χ4n) is 2.65. The van der Waals surface area contributed by atoms with Crippen molar-refractivity contribution in [2.75, 3.05) is 19.5 Å². The van der Waals surface area contributed by atoms with E-state index in [0.29, 0.717) is 17.6 Å². The van der Waals surface area contributed by atoms with Crippen LogP contribution >= 0.6 is 15.9 Å². The van der Waals surface area contributed by atoms with Gasteiger partial charge in [0.05, 0.1) is 25.9 Å². The molecule has 6 heteroatoms. The molecule has 0 amide bonds. The highest BCUT2D eigenvalue weighted by Crippen LogP contribution is 2.43. The molecule has 2 atom stereocenters. The Morgan fingerprint density at radius 1 is 1.17 bits per heavy atom. The molecule has 5 nitrogen and oxygen atoms in total. The summed E-state index contributed by atoms with van der Waals surface area (Å²) < 4.78 is 11.7. The predicted molar refractivity (Wildman–Crippen MR) is 100 cm³/mol. The van der Waals surface area contributed by atoms with Crippen LogP contribution in [0.15, 0.2) is 51.9 Å². The van der Waals surface area contributed by atoms with Crippen LogP contribution in [0.1, 0.15) is 17.9 Å². The summed E-state index contributed by atoms with van der Waals surface area (Å²) in [4.78, 5) is 4.57. The molecule has 0 aliphatic heterocycles. The number of anilines is 1. The molecular weight excluding hydrogens is 370 g/mol. The van der Waals surface area contributed by atoms with Crippen molar-refractivity contribution < 1.29 is 9.47 Å². The van der Waals surface area contributed by atoms with Crippen LogP contribution in [0.2, 0.25) is 0 Å². The quantitative estimate of drug-likeness (QED) is 0.603. The van der Waals surface area contributed by atoms with Crippen molar-refractivity contribution >= 4 is 27.6 Å². The average molecular weight is 390 g/mol. The van der Waals surface area contributed by atoms with Crippen molar-refractivity contribution in [1.82, 2.24) is 0 Å². The molecule has 2 aromatic rings. The summed E-state index contributed by atoms with van der Waals surface area (Å²) in [7, 11) is 3.24. The molecule has 1 aliphatic rings. The average Bonchev–Trinajstić information content (AvgIpc) is 3.34. The van der Waals surface area contributed by atoms with Crippen LogP contribution in [0.3, 0.4) is 0 Å². The van der Waals surface area contributed by atoms with E-state index in [2.05, 4.69) is 50.5 Å². The van der Waals surface area contributed by atoms with Gasteiger partial charge in [-0.3, -0.25) is 0 Å². The standard InChI is InChI=1S/C18H20BrN3O2/c1-23-13-7-8-17(24-2)16(9-13)22-18(20)21-15-10-14(15)11-3-5-12(19)6-4-11/h3-9,14-15H,10H2,1-2H3,(H3,20,21,22)/t14-,15+/m0/s1. The first-order chi connectivity index (χ1) is 11.6. The molecule has 3 N–H and O–H groups in total. The lowest BCUT2D eigenvalue weighted by atomic mass is 10.1. The third-order valence-corrected chi connectivity index (χ3v) is 4.56. The van der Waals surface area contributed by atoms with Crippen LogP contribution < -0.4 is 20.5 Å². The van der Waals surface area contributed by atoms with Gasteiger partial charge in [-0.1, -0.05) is 28.1 Å². The normalized spacial score (nSPS) is 19.7. The highest BCUT2D eigenvalue weighted by atomic mass is 79.9. The smallest absolute Gasteiger partial charge is 0.193 e. The highest BCUT2D eigenvalue weighted by molar-refractivity contribution is 9.10. The van der Waals surface area contributed by atoms with Crippen LogP contribution in [0, 0.1) is 0 Å². The van der Waals surface area contributed by atoms with Crippen molar-refractivity contribution in [2.45, 2.75) is 18.4 Å². The molecule has 1 saturated carbocycles. The third-order valence-electron chi connectivity index (χ3n) is 4.03. The number of methoxy groups -OCH3 is 2. The Morgan fingerprint density at radius 3 is 2.58 bits per heavy atom. The SMILES string of the molecule is COc1ccc(OC)c(NC(N)=N[C@@H]2C[C@H]2c2ccc(Br)cc2)c1. The second-order valence-electron chi connectivity index (χ2n) is 5.67. The molecule has 126 valence electrons. The maximum Gasteiger partial charge on any atom is 0.193 e. The summed E-state index contributed by atoms with van der Waals surface area (Å²) >= 11 is 3.45. The Hall–Kier alpha value is -2.21. The van der Waals surface area contributed by atoms with Crippen molar-refractivity contribution in [3.8, 4) is 11.5 Å². The van der Waals surface area contributed by atoms with Crippen LogP contribution in [0.5, 0.6) is 11.5 Å². The Morgan fingerprint density at radius 2 is 1.92 bits per heavy atom. The van der Waals surface area contributed by atoms with Gasteiger partial charge in [0.15, 0.2) is 5.96 Å². The van der Waals surface area contributed by atoms with Gasteiger partial charge in [-0.25, -0.2) is 4.99 Å². The summed E-state index contributed by atoms with van der Waals surface area (Å²) in [6.45, 7) is 0. The summed E-state index contributed by atoms with van der Waals surface area (Å²) in [5.41, 5.74) is 8.09. The molecule has 0 aromatic heterocycles. The van der Waals surface area contributed by atoms with Gasteiger partial charge >= 0.3 is 0 Å². The fourth-order valence-corrected chi connectivity index (χ4v) is 2.92. The molecule has 0 bridgehead atoms. The van der Waals surface area contributed by atoms with Gasteiger partial charge in [0.25, 0.3) is 0 Å². The largest absolute Gasteiger partial charge is 0.497 e. The summed E-state index contributed by atoms with van der Waals surface area (Å²) in [5, 5.41) is 3.10. The second-order valence-corrected chi connectivity index (χ2v) is 6.58. The van der Waals surface area contributed by atoms with Gasteiger partial charge in [-0.15, -0.1) is 0 Å². The van der Waals surface area contributed by atoms with Gasteiger partial charge in [-0.05, 0) is 36.2 Å². The second kappa shape index (κ2) is 7.13. The Kier molecular flexibility index (Phi) is 4.94. The lowest BCUT2D eigenvalue weighted by Crippen LogP contribution is -2.23. The van der Waals surface area contributed by atoms with Crippen molar-refractivity contribution in [3.63, 3.8) is 0 Å². The van der Waals surface area contributed by atoms with Crippen molar-refractivity contribution in [3.05, 3.63) is 52.5 Å². The first-order valence-electron chi connectivity index (χ1n) is 7.68. The van der Waals surface area contributed by atoms with E-state index < -0.39 is 0 Å². The fraction of sp³-hybridized carbons (Fsp3) is 0.278. The Labute approximate surface area is 150 Å². The zero-order valence-corrected chi connectivity index (χ0v) is 15.2. The minimum atomic E-state index is 0.218.